The third kappa shape index (κ3) is 3.60. The van der Waals surface area contributed by atoms with E-state index in [0.29, 0.717) is 36.0 Å². The van der Waals surface area contributed by atoms with Crippen LogP contribution in [-0.4, -0.2) is 68.5 Å². The zero-order chi connectivity index (χ0) is 15.2. The van der Waals surface area contributed by atoms with Crippen molar-refractivity contribution in [3.8, 4) is 11.5 Å². The Balaban J connectivity index is 2.14. The lowest BCUT2D eigenvalue weighted by atomic mass is 10.1. The number of alkyl halides is 1. The van der Waals surface area contributed by atoms with Crippen LogP contribution in [0.5, 0.6) is 11.5 Å². The lowest BCUT2D eigenvalue weighted by Gasteiger charge is -2.34. The van der Waals surface area contributed by atoms with E-state index in [1.807, 2.05) is 11.0 Å². The summed E-state index contributed by atoms with van der Waals surface area (Å²) in [6.45, 7) is 3.93. The van der Waals surface area contributed by atoms with Crippen LogP contribution < -0.4 is 9.47 Å². The standard InChI is InChI=1S/C15H21ClN2O3/c1-20-12-4-3-5-13(21-2)14(12)15(19)18-10-8-17(7-6-16)9-11-18/h3-5H,6-11H2,1-2H3. The molecule has 0 spiro atoms. The largest absolute Gasteiger partial charge is 0.496 e. The fourth-order valence-corrected chi connectivity index (χ4v) is 2.75. The van der Waals surface area contributed by atoms with Gasteiger partial charge in [-0.1, -0.05) is 6.07 Å². The first-order valence-electron chi connectivity index (χ1n) is 6.99. The van der Waals surface area contributed by atoms with Crippen LogP contribution in [0.4, 0.5) is 0 Å². The first-order chi connectivity index (χ1) is 10.2. The molecule has 1 amide bonds. The number of hydrogen-bond acceptors (Lipinski definition) is 4. The minimum atomic E-state index is -0.0465. The number of hydrogen-bond donors (Lipinski definition) is 0. The molecule has 1 heterocycles. The zero-order valence-electron chi connectivity index (χ0n) is 12.5. The highest BCUT2D eigenvalue weighted by molar-refractivity contribution is 6.18. The molecule has 5 nitrogen and oxygen atoms in total. The summed E-state index contributed by atoms with van der Waals surface area (Å²) in [6, 6.07) is 5.37. The molecule has 1 aliphatic rings. The Morgan fingerprint density at radius 2 is 1.71 bits per heavy atom. The Bertz CT molecular complexity index is 466. The summed E-state index contributed by atoms with van der Waals surface area (Å²) >= 11 is 5.75. The summed E-state index contributed by atoms with van der Waals surface area (Å²) < 4.78 is 10.6. The van der Waals surface area contributed by atoms with Crippen molar-refractivity contribution in [3.05, 3.63) is 23.8 Å². The molecule has 0 radical (unpaired) electrons. The highest BCUT2D eigenvalue weighted by Gasteiger charge is 2.26. The van der Waals surface area contributed by atoms with Gasteiger partial charge in [-0.15, -0.1) is 11.6 Å². The van der Waals surface area contributed by atoms with Gasteiger partial charge in [0.2, 0.25) is 0 Å². The van der Waals surface area contributed by atoms with Crippen LogP contribution in [0, 0.1) is 0 Å². The number of benzene rings is 1. The van der Waals surface area contributed by atoms with Gasteiger partial charge >= 0.3 is 0 Å². The van der Waals surface area contributed by atoms with Gasteiger partial charge in [-0.3, -0.25) is 9.69 Å². The Hall–Kier alpha value is -1.46. The van der Waals surface area contributed by atoms with Crippen molar-refractivity contribution in [1.82, 2.24) is 9.80 Å². The molecule has 0 saturated carbocycles. The van der Waals surface area contributed by atoms with E-state index in [4.69, 9.17) is 21.1 Å². The molecule has 1 saturated heterocycles. The third-order valence-electron chi connectivity index (χ3n) is 3.70. The van der Waals surface area contributed by atoms with Crippen LogP contribution in [0.1, 0.15) is 10.4 Å². The van der Waals surface area contributed by atoms with Gasteiger partial charge in [-0.2, -0.15) is 0 Å². The van der Waals surface area contributed by atoms with Gasteiger partial charge < -0.3 is 14.4 Å². The average Bonchev–Trinajstić information content (AvgIpc) is 2.54. The summed E-state index contributed by atoms with van der Waals surface area (Å²) in [4.78, 5) is 16.8. The molecule has 1 fully saturated rings. The first kappa shape index (κ1) is 15.9. The van der Waals surface area contributed by atoms with Crippen molar-refractivity contribution in [1.29, 1.82) is 0 Å². The molecule has 1 aromatic carbocycles. The van der Waals surface area contributed by atoms with Crippen molar-refractivity contribution in [3.63, 3.8) is 0 Å². The quantitative estimate of drug-likeness (QED) is 0.776. The van der Waals surface area contributed by atoms with Gasteiger partial charge in [0.25, 0.3) is 5.91 Å². The molecule has 21 heavy (non-hydrogen) atoms. The molecule has 0 aromatic heterocycles. The number of carbonyl (C=O) groups is 1. The van der Waals surface area contributed by atoms with Crippen LogP contribution in [0.3, 0.4) is 0 Å². The maximum atomic E-state index is 12.7. The molecule has 116 valence electrons. The summed E-state index contributed by atoms with van der Waals surface area (Å²) in [5.74, 6) is 1.66. The minimum absolute atomic E-state index is 0.0465. The van der Waals surface area contributed by atoms with Crippen LogP contribution in [0.25, 0.3) is 0 Å². The topological polar surface area (TPSA) is 42.0 Å². The second-order valence-electron chi connectivity index (χ2n) is 4.86. The van der Waals surface area contributed by atoms with Crippen molar-refractivity contribution >= 4 is 17.5 Å². The van der Waals surface area contributed by atoms with Gasteiger partial charge in [0.15, 0.2) is 0 Å². The van der Waals surface area contributed by atoms with E-state index in [9.17, 15) is 4.79 Å². The van der Waals surface area contributed by atoms with Crippen LogP contribution in [0.2, 0.25) is 0 Å². The zero-order valence-corrected chi connectivity index (χ0v) is 13.2. The van der Waals surface area contributed by atoms with Crippen molar-refractivity contribution < 1.29 is 14.3 Å². The average molecular weight is 313 g/mol. The summed E-state index contributed by atoms with van der Waals surface area (Å²) in [5, 5.41) is 0. The van der Waals surface area contributed by atoms with Crippen molar-refractivity contribution in [2.24, 2.45) is 0 Å². The maximum Gasteiger partial charge on any atom is 0.261 e. The minimum Gasteiger partial charge on any atom is -0.496 e. The first-order valence-corrected chi connectivity index (χ1v) is 7.53. The van der Waals surface area contributed by atoms with Gasteiger partial charge in [-0.25, -0.2) is 0 Å². The predicted octanol–water partition coefficient (Wildman–Crippen LogP) is 1.70. The van der Waals surface area contributed by atoms with Crippen LogP contribution in [0.15, 0.2) is 18.2 Å². The predicted molar refractivity (Wildman–Crippen MR) is 82.6 cm³/mol. The summed E-state index contributed by atoms with van der Waals surface area (Å²) in [6.07, 6.45) is 0. The highest BCUT2D eigenvalue weighted by atomic mass is 35.5. The third-order valence-corrected chi connectivity index (χ3v) is 3.87. The molecule has 0 unspecified atom stereocenters. The van der Waals surface area contributed by atoms with E-state index < -0.39 is 0 Å². The molecule has 0 atom stereocenters. The molecule has 0 aliphatic carbocycles. The van der Waals surface area contributed by atoms with E-state index in [1.165, 1.54) is 0 Å². The van der Waals surface area contributed by atoms with Crippen LogP contribution in [-0.2, 0) is 0 Å². The monoisotopic (exact) mass is 312 g/mol. The fraction of sp³-hybridized carbons (Fsp3) is 0.533. The lowest BCUT2D eigenvalue weighted by molar-refractivity contribution is 0.0637. The number of methoxy groups -OCH3 is 2. The molecule has 0 N–H and O–H groups in total. The number of piperazine rings is 1. The molecular formula is C15H21ClN2O3. The Kier molecular flexibility index (Phi) is 5.70. The Morgan fingerprint density at radius 1 is 1.14 bits per heavy atom. The van der Waals surface area contributed by atoms with Gasteiger partial charge in [0, 0.05) is 38.6 Å². The van der Waals surface area contributed by atoms with Gasteiger partial charge in [-0.05, 0) is 12.1 Å². The van der Waals surface area contributed by atoms with E-state index in [2.05, 4.69) is 4.90 Å². The second kappa shape index (κ2) is 7.52. The molecule has 1 aromatic rings. The van der Waals surface area contributed by atoms with Gasteiger partial charge in [0.1, 0.15) is 17.1 Å². The number of ether oxygens (including phenoxy) is 2. The van der Waals surface area contributed by atoms with Gasteiger partial charge in [0.05, 0.1) is 14.2 Å². The molecule has 1 aliphatic heterocycles. The Labute approximate surface area is 130 Å². The molecule has 2 rings (SSSR count). The lowest BCUT2D eigenvalue weighted by Crippen LogP contribution is -2.49. The van der Waals surface area contributed by atoms with E-state index in [-0.39, 0.29) is 5.91 Å². The number of nitrogens with zero attached hydrogens (tertiary/aromatic N) is 2. The SMILES string of the molecule is COc1cccc(OC)c1C(=O)N1CCN(CCCl)CC1. The summed E-state index contributed by atoms with van der Waals surface area (Å²) in [5.41, 5.74) is 0.494. The number of carbonyl (C=O) groups excluding carboxylic acids is 1. The van der Waals surface area contributed by atoms with E-state index >= 15 is 0 Å². The van der Waals surface area contributed by atoms with E-state index in [0.717, 1.165) is 19.6 Å². The highest BCUT2D eigenvalue weighted by Crippen LogP contribution is 2.29. The number of rotatable bonds is 5. The van der Waals surface area contributed by atoms with Crippen LogP contribution >= 0.6 is 11.6 Å². The Morgan fingerprint density at radius 3 is 2.19 bits per heavy atom. The van der Waals surface area contributed by atoms with E-state index in [1.54, 1.807) is 26.4 Å². The van der Waals surface area contributed by atoms with Crippen molar-refractivity contribution in [2.75, 3.05) is 52.8 Å². The molecule has 0 bridgehead atoms. The number of amides is 1. The fourth-order valence-electron chi connectivity index (χ4n) is 2.51. The maximum absolute atomic E-state index is 12.7. The van der Waals surface area contributed by atoms with Crippen molar-refractivity contribution in [2.45, 2.75) is 0 Å². The normalized spacial score (nSPS) is 15.9. The molecular weight excluding hydrogens is 292 g/mol. The number of halogens is 1. The molecule has 6 heteroatoms. The smallest absolute Gasteiger partial charge is 0.261 e. The second-order valence-corrected chi connectivity index (χ2v) is 5.24. The summed E-state index contributed by atoms with van der Waals surface area (Å²) in [7, 11) is 3.12.